The molecule has 0 aromatic carbocycles. The molecule has 7 heteroatoms. The molecular weight excluding hydrogens is 294 g/mol. The van der Waals surface area contributed by atoms with Gasteiger partial charge in [-0.25, -0.2) is 0 Å². The van der Waals surface area contributed by atoms with Gasteiger partial charge in [-0.2, -0.15) is 0 Å². The number of aryl methyl sites for hydroxylation is 1. The van der Waals surface area contributed by atoms with Gasteiger partial charge in [0, 0.05) is 17.6 Å². The predicted octanol–water partition coefficient (Wildman–Crippen LogP) is 0.892. The highest BCUT2D eigenvalue weighted by molar-refractivity contribution is 7.15. The summed E-state index contributed by atoms with van der Waals surface area (Å²) in [6, 6.07) is 0. The molecule has 21 heavy (non-hydrogen) atoms. The first-order valence-electron chi connectivity index (χ1n) is 6.43. The molecule has 0 spiro atoms. The zero-order chi connectivity index (χ0) is 15.6. The second-order valence-electron chi connectivity index (χ2n) is 5.13. The van der Waals surface area contributed by atoms with E-state index in [1.54, 1.807) is 13.8 Å². The fourth-order valence-corrected chi connectivity index (χ4v) is 3.34. The fraction of sp³-hybridized carbons (Fsp3) is 0.500. The Kier molecular flexibility index (Phi) is 4.55. The standard InChI is InChI=1S/C14H17NO5S/c1-8-10(4-16)9(2)21-12(8)11(17)13(18)15-14(5-19-3)6-20-7-14/h4H,5-7H2,1-3H3,(H,15,18). The van der Waals surface area contributed by atoms with E-state index in [-0.39, 0.29) is 6.61 Å². The van der Waals surface area contributed by atoms with Crippen molar-refractivity contribution in [1.82, 2.24) is 5.32 Å². The highest BCUT2D eigenvalue weighted by Gasteiger charge is 2.41. The summed E-state index contributed by atoms with van der Waals surface area (Å²) >= 11 is 1.16. The van der Waals surface area contributed by atoms with Crippen LogP contribution in [0.15, 0.2) is 0 Å². The number of aldehydes is 1. The van der Waals surface area contributed by atoms with E-state index in [1.165, 1.54) is 7.11 Å². The summed E-state index contributed by atoms with van der Waals surface area (Å²) in [6.45, 7) is 4.35. The topological polar surface area (TPSA) is 81.7 Å². The van der Waals surface area contributed by atoms with Gasteiger partial charge in [0.25, 0.3) is 11.7 Å². The third kappa shape index (κ3) is 2.90. The monoisotopic (exact) mass is 311 g/mol. The van der Waals surface area contributed by atoms with Crippen molar-refractivity contribution in [3.8, 4) is 0 Å². The Morgan fingerprint density at radius 1 is 1.43 bits per heavy atom. The summed E-state index contributed by atoms with van der Waals surface area (Å²) in [5.74, 6) is -1.33. The van der Waals surface area contributed by atoms with Crippen molar-refractivity contribution < 1.29 is 23.9 Å². The van der Waals surface area contributed by atoms with Crippen molar-refractivity contribution in [2.24, 2.45) is 0 Å². The van der Waals surface area contributed by atoms with Crippen LogP contribution >= 0.6 is 11.3 Å². The molecule has 0 bridgehead atoms. The SMILES string of the molecule is COCC1(NC(=O)C(=O)c2sc(C)c(C=O)c2C)COC1. The molecule has 6 nitrogen and oxygen atoms in total. The van der Waals surface area contributed by atoms with Crippen molar-refractivity contribution in [3.63, 3.8) is 0 Å². The zero-order valence-corrected chi connectivity index (χ0v) is 13.0. The third-order valence-corrected chi connectivity index (χ3v) is 4.69. The first-order valence-corrected chi connectivity index (χ1v) is 7.24. The molecular formula is C14H17NO5S. The van der Waals surface area contributed by atoms with Crippen LogP contribution in [0.2, 0.25) is 0 Å². The molecule has 0 saturated carbocycles. The van der Waals surface area contributed by atoms with E-state index < -0.39 is 17.2 Å². The summed E-state index contributed by atoms with van der Waals surface area (Å²) in [5, 5.41) is 2.68. The summed E-state index contributed by atoms with van der Waals surface area (Å²) in [7, 11) is 1.52. The maximum Gasteiger partial charge on any atom is 0.293 e. The normalized spacial score (nSPS) is 16.1. The molecule has 0 atom stereocenters. The number of Topliss-reactive ketones (excluding diaryl/α,β-unsaturated/α-hetero) is 1. The number of methoxy groups -OCH3 is 1. The van der Waals surface area contributed by atoms with Gasteiger partial charge in [0.15, 0.2) is 6.29 Å². The zero-order valence-electron chi connectivity index (χ0n) is 12.1. The number of ketones is 1. The molecule has 114 valence electrons. The molecule has 0 radical (unpaired) electrons. The fourth-order valence-electron chi connectivity index (χ4n) is 2.28. The lowest BCUT2D eigenvalue weighted by Crippen LogP contribution is -2.65. The summed E-state index contributed by atoms with van der Waals surface area (Å²) in [5.41, 5.74) is 0.405. The predicted molar refractivity (Wildman–Crippen MR) is 77.1 cm³/mol. The summed E-state index contributed by atoms with van der Waals surface area (Å²) in [4.78, 5) is 36.4. The molecule has 1 aromatic heterocycles. The van der Waals surface area contributed by atoms with Crippen LogP contribution in [0.25, 0.3) is 0 Å². The smallest absolute Gasteiger partial charge is 0.293 e. The number of rotatable bonds is 6. The Balaban J connectivity index is 2.16. The highest BCUT2D eigenvalue weighted by Crippen LogP contribution is 2.27. The maximum atomic E-state index is 12.3. The molecule has 0 unspecified atom stereocenters. The minimum Gasteiger partial charge on any atom is -0.382 e. The quantitative estimate of drug-likeness (QED) is 0.479. The molecule has 2 rings (SSSR count). The van der Waals surface area contributed by atoms with E-state index in [4.69, 9.17) is 9.47 Å². The minimum atomic E-state index is -0.697. The van der Waals surface area contributed by atoms with E-state index in [2.05, 4.69) is 5.32 Å². The van der Waals surface area contributed by atoms with Gasteiger partial charge in [0.2, 0.25) is 0 Å². The Bertz CT molecular complexity index is 588. The van der Waals surface area contributed by atoms with Crippen LogP contribution in [0.3, 0.4) is 0 Å². The molecule has 1 saturated heterocycles. The Labute approximate surface area is 126 Å². The molecule has 1 amide bonds. The van der Waals surface area contributed by atoms with Crippen LogP contribution in [0.4, 0.5) is 0 Å². The average Bonchev–Trinajstić information content (AvgIpc) is 2.70. The van der Waals surface area contributed by atoms with Gasteiger partial charge < -0.3 is 14.8 Å². The van der Waals surface area contributed by atoms with Gasteiger partial charge >= 0.3 is 0 Å². The molecule has 2 heterocycles. The number of hydrogen-bond donors (Lipinski definition) is 1. The van der Waals surface area contributed by atoms with Crippen molar-refractivity contribution in [2.45, 2.75) is 19.4 Å². The lowest BCUT2D eigenvalue weighted by Gasteiger charge is -2.41. The van der Waals surface area contributed by atoms with Gasteiger partial charge in [-0.15, -0.1) is 11.3 Å². The van der Waals surface area contributed by atoms with E-state index in [0.717, 1.165) is 16.2 Å². The second-order valence-corrected chi connectivity index (χ2v) is 6.36. The Morgan fingerprint density at radius 2 is 2.10 bits per heavy atom. The molecule has 1 aliphatic rings. The molecule has 1 N–H and O–H groups in total. The van der Waals surface area contributed by atoms with Gasteiger partial charge in [0.05, 0.1) is 24.7 Å². The van der Waals surface area contributed by atoms with Crippen LogP contribution in [0, 0.1) is 13.8 Å². The van der Waals surface area contributed by atoms with Gasteiger partial charge in [-0.1, -0.05) is 0 Å². The van der Waals surface area contributed by atoms with Crippen molar-refractivity contribution in [1.29, 1.82) is 0 Å². The third-order valence-electron chi connectivity index (χ3n) is 3.47. The van der Waals surface area contributed by atoms with Crippen molar-refractivity contribution >= 4 is 29.3 Å². The first kappa shape index (κ1) is 15.8. The second kappa shape index (κ2) is 6.05. The molecule has 1 aromatic rings. The van der Waals surface area contributed by atoms with E-state index in [0.29, 0.717) is 35.5 Å². The number of carbonyl (C=O) groups is 3. The van der Waals surface area contributed by atoms with Gasteiger partial charge in [0.1, 0.15) is 5.54 Å². The van der Waals surface area contributed by atoms with Crippen LogP contribution in [0.5, 0.6) is 0 Å². The Hall–Kier alpha value is -1.57. The lowest BCUT2D eigenvalue weighted by molar-refractivity contribution is -0.135. The van der Waals surface area contributed by atoms with Crippen molar-refractivity contribution in [3.05, 3.63) is 20.9 Å². The average molecular weight is 311 g/mol. The molecule has 1 fully saturated rings. The number of amides is 1. The van der Waals surface area contributed by atoms with E-state index in [1.807, 2.05) is 0 Å². The van der Waals surface area contributed by atoms with Crippen LogP contribution < -0.4 is 5.32 Å². The number of thiophene rings is 1. The van der Waals surface area contributed by atoms with Gasteiger partial charge in [-0.3, -0.25) is 14.4 Å². The van der Waals surface area contributed by atoms with Gasteiger partial charge in [-0.05, 0) is 19.4 Å². The van der Waals surface area contributed by atoms with Crippen molar-refractivity contribution in [2.75, 3.05) is 26.9 Å². The molecule has 0 aliphatic carbocycles. The summed E-state index contributed by atoms with van der Waals surface area (Å²) < 4.78 is 10.1. The summed E-state index contributed by atoms with van der Waals surface area (Å²) in [6.07, 6.45) is 0.710. The highest BCUT2D eigenvalue weighted by atomic mass is 32.1. The number of hydrogen-bond acceptors (Lipinski definition) is 6. The Morgan fingerprint density at radius 3 is 2.52 bits per heavy atom. The van der Waals surface area contributed by atoms with E-state index >= 15 is 0 Å². The number of nitrogens with one attached hydrogen (secondary N) is 1. The van der Waals surface area contributed by atoms with Crippen LogP contribution in [-0.4, -0.2) is 50.4 Å². The first-order chi connectivity index (χ1) is 9.94. The number of carbonyl (C=O) groups excluding carboxylic acids is 3. The molecule has 1 aliphatic heterocycles. The lowest BCUT2D eigenvalue weighted by atomic mass is 9.98. The number of ether oxygens (including phenoxy) is 2. The van der Waals surface area contributed by atoms with Crippen LogP contribution in [-0.2, 0) is 14.3 Å². The maximum absolute atomic E-state index is 12.3. The van der Waals surface area contributed by atoms with E-state index in [9.17, 15) is 14.4 Å². The largest absolute Gasteiger partial charge is 0.382 e. The minimum absolute atomic E-state index is 0.286. The van der Waals surface area contributed by atoms with Crippen LogP contribution in [0.1, 0.15) is 30.5 Å².